The maximum absolute atomic E-state index is 12.6. The molecular formula is C23H26O5. The van der Waals surface area contributed by atoms with E-state index in [4.69, 9.17) is 9.47 Å². The van der Waals surface area contributed by atoms with Crippen molar-refractivity contribution in [2.75, 3.05) is 6.61 Å². The van der Waals surface area contributed by atoms with Gasteiger partial charge < -0.3 is 19.4 Å². The molecule has 28 heavy (non-hydrogen) atoms. The standard InChI is InChI=1S/C23H26O5/c1-15(8-7-11-27-17-9-5-4-6-10-17)16-12-19(25)21-20(13-16)28-23(2,3)18(14-24)22(21)26/h4-6,9-10,12-15,18,25H,7-8,11H2,1-3H3. The van der Waals surface area contributed by atoms with E-state index in [-0.39, 0.29) is 17.2 Å². The number of aldehydes is 1. The highest BCUT2D eigenvalue weighted by Crippen LogP contribution is 2.42. The predicted molar refractivity (Wildman–Crippen MR) is 106 cm³/mol. The summed E-state index contributed by atoms with van der Waals surface area (Å²) in [5, 5.41) is 10.4. The molecule has 0 amide bonds. The van der Waals surface area contributed by atoms with Crippen molar-refractivity contribution in [3.63, 3.8) is 0 Å². The monoisotopic (exact) mass is 382 g/mol. The van der Waals surface area contributed by atoms with Crippen molar-refractivity contribution < 1.29 is 24.2 Å². The van der Waals surface area contributed by atoms with Gasteiger partial charge >= 0.3 is 0 Å². The zero-order chi connectivity index (χ0) is 20.3. The summed E-state index contributed by atoms with van der Waals surface area (Å²) >= 11 is 0. The summed E-state index contributed by atoms with van der Waals surface area (Å²) in [4.78, 5) is 24.0. The molecule has 1 heterocycles. The Morgan fingerprint density at radius 2 is 1.96 bits per heavy atom. The van der Waals surface area contributed by atoms with E-state index in [1.54, 1.807) is 26.0 Å². The zero-order valence-corrected chi connectivity index (χ0v) is 16.5. The number of ketones is 1. The molecule has 1 aliphatic rings. The molecule has 2 aromatic rings. The molecule has 148 valence electrons. The third kappa shape index (κ3) is 4.03. The highest BCUT2D eigenvalue weighted by atomic mass is 16.5. The van der Waals surface area contributed by atoms with Crippen molar-refractivity contribution in [3.05, 3.63) is 53.6 Å². The summed E-state index contributed by atoms with van der Waals surface area (Å²) in [6.45, 7) is 6.09. The van der Waals surface area contributed by atoms with E-state index in [1.807, 2.05) is 30.3 Å². The molecule has 0 radical (unpaired) electrons. The third-order valence-electron chi connectivity index (χ3n) is 5.25. The molecule has 1 aliphatic heterocycles. The molecule has 0 aromatic heterocycles. The van der Waals surface area contributed by atoms with E-state index in [0.717, 1.165) is 24.2 Å². The molecule has 0 saturated carbocycles. The summed E-state index contributed by atoms with van der Waals surface area (Å²) in [5.41, 5.74) is 0.0489. The number of hydrogen-bond acceptors (Lipinski definition) is 5. The first-order valence-electron chi connectivity index (χ1n) is 9.56. The zero-order valence-electron chi connectivity index (χ0n) is 16.5. The van der Waals surface area contributed by atoms with E-state index < -0.39 is 17.3 Å². The number of para-hydroxylation sites is 1. The molecule has 0 spiro atoms. The van der Waals surface area contributed by atoms with Crippen molar-refractivity contribution in [2.45, 2.75) is 45.1 Å². The lowest BCUT2D eigenvalue weighted by Gasteiger charge is -2.36. The SMILES string of the molecule is CC(CCCOc1ccccc1)c1cc(O)c2c(c1)OC(C)(C)C(C=O)C2=O. The average molecular weight is 382 g/mol. The molecular weight excluding hydrogens is 356 g/mol. The van der Waals surface area contributed by atoms with Gasteiger partial charge in [0.1, 0.15) is 40.6 Å². The second-order valence-electron chi connectivity index (χ2n) is 7.80. The second kappa shape index (κ2) is 8.05. The van der Waals surface area contributed by atoms with Crippen LogP contribution in [0.3, 0.4) is 0 Å². The van der Waals surface area contributed by atoms with Gasteiger partial charge in [0.15, 0.2) is 5.78 Å². The van der Waals surface area contributed by atoms with Gasteiger partial charge in [-0.25, -0.2) is 0 Å². The van der Waals surface area contributed by atoms with Crippen LogP contribution in [0.25, 0.3) is 0 Å². The van der Waals surface area contributed by atoms with Gasteiger partial charge in [0.2, 0.25) is 0 Å². The van der Waals surface area contributed by atoms with Crippen LogP contribution in [0.5, 0.6) is 17.2 Å². The van der Waals surface area contributed by atoms with Crippen LogP contribution in [-0.4, -0.2) is 29.4 Å². The number of ether oxygens (including phenoxy) is 2. The highest BCUT2D eigenvalue weighted by Gasteiger charge is 2.44. The Morgan fingerprint density at radius 1 is 1.25 bits per heavy atom. The Bertz CT molecular complexity index is 857. The normalized spacial score (nSPS) is 18.7. The first-order valence-corrected chi connectivity index (χ1v) is 9.56. The van der Waals surface area contributed by atoms with Crippen LogP contribution in [0, 0.1) is 5.92 Å². The van der Waals surface area contributed by atoms with Crippen molar-refractivity contribution in [3.8, 4) is 17.2 Å². The average Bonchev–Trinajstić information content (AvgIpc) is 2.64. The number of fused-ring (bicyclic) bond motifs is 1. The molecule has 0 fully saturated rings. The van der Waals surface area contributed by atoms with Crippen molar-refractivity contribution in [1.82, 2.24) is 0 Å². The van der Waals surface area contributed by atoms with Gasteiger partial charge in [-0.05, 0) is 62.4 Å². The van der Waals surface area contributed by atoms with E-state index in [0.29, 0.717) is 18.6 Å². The fraction of sp³-hybridized carbons (Fsp3) is 0.391. The van der Waals surface area contributed by atoms with Crippen LogP contribution in [-0.2, 0) is 4.79 Å². The molecule has 0 aliphatic carbocycles. The maximum Gasteiger partial charge on any atom is 0.184 e. The van der Waals surface area contributed by atoms with Gasteiger partial charge in [0.05, 0.1) is 6.61 Å². The number of phenols is 1. The second-order valence-corrected chi connectivity index (χ2v) is 7.80. The topological polar surface area (TPSA) is 72.8 Å². The number of Topliss-reactive ketones (excluding diaryl/α,β-unsaturated/α-hetero) is 1. The van der Waals surface area contributed by atoms with Crippen LogP contribution in [0.2, 0.25) is 0 Å². The quantitative estimate of drug-likeness (QED) is 0.433. The first kappa shape index (κ1) is 19.9. The summed E-state index contributed by atoms with van der Waals surface area (Å²) in [5.74, 6) is -0.108. The molecule has 1 N–H and O–H groups in total. The Kier molecular flexibility index (Phi) is 5.73. The van der Waals surface area contributed by atoms with Gasteiger partial charge in [0.25, 0.3) is 0 Å². The van der Waals surface area contributed by atoms with Crippen molar-refractivity contribution in [1.29, 1.82) is 0 Å². The van der Waals surface area contributed by atoms with E-state index in [2.05, 4.69) is 6.92 Å². The lowest BCUT2D eigenvalue weighted by atomic mass is 9.81. The lowest BCUT2D eigenvalue weighted by molar-refractivity contribution is -0.114. The van der Waals surface area contributed by atoms with Gasteiger partial charge in [-0.15, -0.1) is 0 Å². The molecule has 0 saturated heterocycles. The van der Waals surface area contributed by atoms with Crippen LogP contribution >= 0.6 is 0 Å². The van der Waals surface area contributed by atoms with Crippen LogP contribution < -0.4 is 9.47 Å². The van der Waals surface area contributed by atoms with E-state index in [1.165, 1.54) is 0 Å². The predicted octanol–water partition coefficient (Wildman–Crippen LogP) is 4.52. The summed E-state index contributed by atoms with van der Waals surface area (Å²) in [6, 6.07) is 13.1. The van der Waals surface area contributed by atoms with Crippen molar-refractivity contribution in [2.24, 2.45) is 5.92 Å². The minimum absolute atomic E-state index is 0.0970. The minimum Gasteiger partial charge on any atom is -0.507 e. The lowest BCUT2D eigenvalue weighted by Crippen LogP contribution is -2.46. The molecule has 5 heteroatoms. The minimum atomic E-state index is -0.941. The van der Waals surface area contributed by atoms with Gasteiger partial charge in [-0.1, -0.05) is 25.1 Å². The molecule has 2 unspecified atom stereocenters. The number of rotatable bonds is 7. The van der Waals surface area contributed by atoms with Gasteiger partial charge in [-0.3, -0.25) is 4.79 Å². The first-order chi connectivity index (χ1) is 13.3. The van der Waals surface area contributed by atoms with Crippen molar-refractivity contribution >= 4 is 12.1 Å². The fourth-order valence-corrected chi connectivity index (χ4v) is 3.54. The van der Waals surface area contributed by atoms with Crippen LogP contribution in [0.4, 0.5) is 0 Å². The Morgan fingerprint density at radius 3 is 2.64 bits per heavy atom. The smallest absolute Gasteiger partial charge is 0.184 e. The fourth-order valence-electron chi connectivity index (χ4n) is 3.54. The van der Waals surface area contributed by atoms with Gasteiger partial charge in [0, 0.05) is 0 Å². The number of carbonyl (C=O) groups is 2. The molecule has 2 atom stereocenters. The molecule has 3 rings (SSSR count). The molecule has 0 bridgehead atoms. The van der Waals surface area contributed by atoms with E-state index in [9.17, 15) is 14.7 Å². The Hall–Kier alpha value is -2.82. The maximum atomic E-state index is 12.6. The Labute approximate surface area is 165 Å². The number of phenolic OH excluding ortho intramolecular Hbond substituents is 1. The molecule has 2 aromatic carbocycles. The molecule has 5 nitrogen and oxygen atoms in total. The number of aromatic hydroxyl groups is 1. The third-order valence-corrected chi connectivity index (χ3v) is 5.25. The summed E-state index contributed by atoms with van der Waals surface area (Å²) in [6.07, 6.45) is 2.31. The summed E-state index contributed by atoms with van der Waals surface area (Å²) < 4.78 is 11.6. The Balaban J connectivity index is 1.69. The van der Waals surface area contributed by atoms with Gasteiger partial charge in [-0.2, -0.15) is 0 Å². The van der Waals surface area contributed by atoms with Crippen LogP contribution in [0.15, 0.2) is 42.5 Å². The van der Waals surface area contributed by atoms with Crippen LogP contribution in [0.1, 0.15) is 55.5 Å². The number of carbonyl (C=O) groups excluding carboxylic acids is 2. The van der Waals surface area contributed by atoms with E-state index >= 15 is 0 Å². The number of benzene rings is 2. The summed E-state index contributed by atoms with van der Waals surface area (Å²) in [7, 11) is 0. The largest absolute Gasteiger partial charge is 0.507 e. The highest BCUT2D eigenvalue weighted by molar-refractivity contribution is 6.10. The number of hydrogen-bond donors (Lipinski definition) is 1.